The lowest BCUT2D eigenvalue weighted by atomic mass is 10.1. The van der Waals surface area contributed by atoms with Crippen LogP contribution in [0.4, 0.5) is 4.79 Å². The van der Waals surface area contributed by atoms with Crippen LogP contribution in [-0.2, 0) is 90.4 Å². The highest BCUT2D eigenvalue weighted by Gasteiger charge is 2.24. The molecule has 1 aliphatic heterocycles. The predicted octanol–water partition coefficient (Wildman–Crippen LogP) is -0.661. The Morgan fingerprint density at radius 2 is 0.946 bits per heavy atom. The molecular weight excluding hydrogens is 981 g/mol. The lowest BCUT2D eigenvalue weighted by Gasteiger charge is -2.19. The molecule has 26 nitrogen and oxygen atoms in total. The van der Waals surface area contributed by atoms with Crippen molar-refractivity contribution >= 4 is 47.5 Å². The van der Waals surface area contributed by atoms with Gasteiger partial charge >= 0.3 is 12.1 Å². The Hall–Kier alpha value is -4.90. The average Bonchev–Trinajstić information content (AvgIpc) is 3.68. The van der Waals surface area contributed by atoms with Crippen molar-refractivity contribution in [2.75, 3.05) is 172 Å². The van der Waals surface area contributed by atoms with Gasteiger partial charge in [-0.3, -0.25) is 33.7 Å². The van der Waals surface area contributed by atoms with Crippen LogP contribution in [0.15, 0.2) is 12.2 Å². The van der Waals surface area contributed by atoms with Gasteiger partial charge in [0.05, 0.1) is 119 Å². The third-order valence-electron chi connectivity index (χ3n) is 9.56. The first kappa shape index (κ1) is 67.1. The van der Waals surface area contributed by atoms with Crippen molar-refractivity contribution in [1.29, 1.82) is 0 Å². The molecule has 0 aromatic carbocycles. The van der Waals surface area contributed by atoms with Gasteiger partial charge in [-0.05, 0) is 52.9 Å². The standard InChI is InChI=1S/C48H84N6O20/c1-48(2,3)74-45(60)38-73-47(62)52-17-16-50-40(55)10-7-15-51-46(61)39(53-41(56)11-8-18-54-43(58)12-13-44(54)59)9-5-6-14-49-42(57)37-72-36-35-71-34-33-70-32-31-69-30-29-68-28-27-67-26-25-66-24-23-65-22-21-64-20-19-63-4/h12-13,39H,5-11,14-38H2,1-4H3,(H,49,57)(H,50,55)(H,51,61)(H,52,62)(H,53,56)/t39-/m0/s1. The molecule has 1 atom stereocenters. The number of esters is 1. The monoisotopic (exact) mass is 1060 g/mol. The number of hydrogen-bond donors (Lipinski definition) is 5. The number of ether oxygens (including phenoxy) is 12. The summed E-state index contributed by atoms with van der Waals surface area (Å²) in [4.78, 5) is 98.7. The maximum atomic E-state index is 13.2. The number of hydrogen-bond acceptors (Lipinski definition) is 20. The smallest absolute Gasteiger partial charge is 0.407 e. The van der Waals surface area contributed by atoms with Crippen LogP contribution < -0.4 is 26.6 Å². The maximum absolute atomic E-state index is 13.2. The molecule has 426 valence electrons. The molecule has 0 bridgehead atoms. The summed E-state index contributed by atoms with van der Waals surface area (Å²) in [6, 6.07) is -0.924. The Bertz CT molecular complexity index is 1580. The van der Waals surface area contributed by atoms with Gasteiger partial charge in [-0.2, -0.15) is 0 Å². The number of imide groups is 1. The first-order chi connectivity index (χ1) is 35.7. The summed E-state index contributed by atoms with van der Waals surface area (Å²) in [6.07, 6.45) is 3.18. The molecule has 5 N–H and O–H groups in total. The molecule has 1 heterocycles. The summed E-state index contributed by atoms with van der Waals surface area (Å²) in [6.45, 7) is 12.8. The van der Waals surface area contributed by atoms with E-state index in [1.54, 1.807) is 27.9 Å². The van der Waals surface area contributed by atoms with Crippen molar-refractivity contribution < 1.29 is 95.2 Å². The highest BCUT2D eigenvalue weighted by molar-refractivity contribution is 6.12. The molecule has 0 saturated heterocycles. The van der Waals surface area contributed by atoms with Gasteiger partial charge in [-0.1, -0.05) is 0 Å². The lowest BCUT2D eigenvalue weighted by molar-refractivity contribution is -0.158. The number of nitrogens with one attached hydrogen (secondary N) is 5. The average molecular weight is 1070 g/mol. The van der Waals surface area contributed by atoms with Crippen molar-refractivity contribution in [2.24, 2.45) is 0 Å². The predicted molar refractivity (Wildman–Crippen MR) is 264 cm³/mol. The van der Waals surface area contributed by atoms with E-state index in [4.69, 9.17) is 56.8 Å². The van der Waals surface area contributed by atoms with E-state index < -0.39 is 53.9 Å². The second kappa shape index (κ2) is 45.5. The molecule has 0 fully saturated rings. The molecule has 0 aromatic rings. The van der Waals surface area contributed by atoms with Crippen molar-refractivity contribution in [3.8, 4) is 0 Å². The Morgan fingerprint density at radius 1 is 0.500 bits per heavy atom. The fourth-order valence-electron chi connectivity index (χ4n) is 5.99. The van der Waals surface area contributed by atoms with Crippen LogP contribution in [0.1, 0.15) is 65.7 Å². The molecular formula is C48H84N6O20. The highest BCUT2D eigenvalue weighted by Crippen LogP contribution is 2.08. The largest absolute Gasteiger partial charge is 0.457 e. The molecule has 0 unspecified atom stereocenters. The van der Waals surface area contributed by atoms with Crippen LogP contribution >= 0.6 is 0 Å². The maximum Gasteiger partial charge on any atom is 0.407 e. The SMILES string of the molecule is COCCOCCOCCOCCOCCOCCOCCOCCOCCOCC(=O)NCCCC[C@H](NC(=O)CCCN1C(=O)C=CC1=O)C(=O)NCCCC(=O)NCCNC(=O)OCC(=O)OC(C)(C)C. The van der Waals surface area contributed by atoms with E-state index in [1.165, 1.54) is 0 Å². The lowest BCUT2D eigenvalue weighted by Crippen LogP contribution is -2.47. The minimum Gasteiger partial charge on any atom is -0.457 e. The molecule has 0 aliphatic carbocycles. The zero-order chi connectivity index (χ0) is 54.3. The van der Waals surface area contributed by atoms with E-state index in [1.807, 2.05) is 0 Å². The van der Waals surface area contributed by atoms with Gasteiger partial charge in [-0.15, -0.1) is 0 Å². The number of alkyl carbamates (subject to hydrolysis) is 1. The third-order valence-corrected chi connectivity index (χ3v) is 9.56. The van der Waals surface area contributed by atoms with Gasteiger partial charge in [-0.25, -0.2) is 9.59 Å². The van der Waals surface area contributed by atoms with Crippen molar-refractivity contribution in [3.05, 3.63) is 12.2 Å². The number of nitrogens with zero attached hydrogens (tertiary/aromatic N) is 1. The molecule has 0 spiro atoms. The van der Waals surface area contributed by atoms with Gasteiger partial charge in [0, 0.05) is 64.8 Å². The van der Waals surface area contributed by atoms with E-state index in [0.717, 1.165) is 17.1 Å². The normalized spacial score (nSPS) is 12.7. The fraction of sp³-hybridized carbons (Fsp3) is 0.792. The Morgan fingerprint density at radius 3 is 1.45 bits per heavy atom. The molecule has 7 amide bonds. The molecule has 0 saturated carbocycles. The second-order valence-corrected chi connectivity index (χ2v) is 17.0. The second-order valence-electron chi connectivity index (χ2n) is 17.0. The first-order valence-electron chi connectivity index (χ1n) is 25.2. The number of carbonyl (C=O) groups excluding carboxylic acids is 8. The quantitative estimate of drug-likeness (QED) is 0.0287. The molecule has 0 aromatic heterocycles. The summed E-state index contributed by atoms with van der Waals surface area (Å²) in [5, 5.41) is 13.2. The number of amides is 7. The first-order valence-corrected chi connectivity index (χ1v) is 25.2. The Kier molecular flexibility index (Phi) is 41.3. The van der Waals surface area contributed by atoms with Gasteiger partial charge < -0.3 is 83.4 Å². The van der Waals surface area contributed by atoms with Crippen molar-refractivity contribution in [2.45, 2.75) is 77.4 Å². The molecule has 1 aliphatic rings. The van der Waals surface area contributed by atoms with E-state index in [9.17, 15) is 38.4 Å². The van der Waals surface area contributed by atoms with Gasteiger partial charge in [0.1, 0.15) is 18.2 Å². The van der Waals surface area contributed by atoms with Gasteiger partial charge in [0.2, 0.25) is 23.6 Å². The Balaban J connectivity index is 2.14. The molecule has 74 heavy (non-hydrogen) atoms. The Labute approximate surface area is 434 Å². The summed E-state index contributed by atoms with van der Waals surface area (Å²) >= 11 is 0. The topological polar surface area (TPSA) is 311 Å². The van der Waals surface area contributed by atoms with Crippen LogP contribution in [0.25, 0.3) is 0 Å². The van der Waals surface area contributed by atoms with Crippen LogP contribution in [0.5, 0.6) is 0 Å². The van der Waals surface area contributed by atoms with E-state index in [2.05, 4.69) is 26.6 Å². The molecule has 0 radical (unpaired) electrons. The highest BCUT2D eigenvalue weighted by atomic mass is 16.6. The van der Waals surface area contributed by atoms with Gasteiger partial charge in [0.15, 0.2) is 6.61 Å². The van der Waals surface area contributed by atoms with Crippen molar-refractivity contribution in [1.82, 2.24) is 31.5 Å². The summed E-state index contributed by atoms with van der Waals surface area (Å²) in [5.74, 6) is -3.17. The van der Waals surface area contributed by atoms with E-state index >= 15 is 0 Å². The number of methoxy groups -OCH3 is 1. The van der Waals surface area contributed by atoms with Crippen LogP contribution in [0.3, 0.4) is 0 Å². The third kappa shape index (κ3) is 41.5. The van der Waals surface area contributed by atoms with E-state index in [0.29, 0.717) is 125 Å². The van der Waals surface area contributed by atoms with Crippen LogP contribution in [0.2, 0.25) is 0 Å². The molecule has 1 rings (SSSR count). The zero-order valence-corrected chi connectivity index (χ0v) is 44.0. The number of rotatable bonds is 49. The summed E-state index contributed by atoms with van der Waals surface area (Å²) < 4.78 is 63.6. The van der Waals surface area contributed by atoms with Gasteiger partial charge in [0.25, 0.3) is 11.8 Å². The van der Waals surface area contributed by atoms with E-state index in [-0.39, 0.29) is 89.9 Å². The van der Waals surface area contributed by atoms with Crippen molar-refractivity contribution in [3.63, 3.8) is 0 Å². The number of carbonyl (C=O) groups is 8. The van der Waals surface area contributed by atoms with Crippen LogP contribution in [-0.4, -0.2) is 236 Å². The molecule has 26 heteroatoms. The minimum absolute atomic E-state index is 0.0396. The summed E-state index contributed by atoms with van der Waals surface area (Å²) in [5.41, 5.74) is -0.718. The number of unbranched alkanes of at least 4 members (excludes halogenated alkanes) is 1. The zero-order valence-electron chi connectivity index (χ0n) is 44.0. The van der Waals surface area contributed by atoms with Crippen LogP contribution in [0, 0.1) is 0 Å². The summed E-state index contributed by atoms with van der Waals surface area (Å²) in [7, 11) is 1.63. The minimum atomic E-state index is -0.924. The fourth-order valence-corrected chi connectivity index (χ4v) is 5.99.